The lowest BCUT2D eigenvalue weighted by molar-refractivity contribution is -0.190. The van der Waals surface area contributed by atoms with E-state index >= 15 is 0 Å². The van der Waals surface area contributed by atoms with Crippen LogP contribution in [0.4, 0.5) is 17.6 Å². The van der Waals surface area contributed by atoms with Gasteiger partial charge in [0.1, 0.15) is 5.70 Å². The van der Waals surface area contributed by atoms with E-state index in [1.807, 2.05) is 0 Å². The first-order valence-corrected chi connectivity index (χ1v) is 6.57. The van der Waals surface area contributed by atoms with Crippen LogP contribution in [0.1, 0.15) is 6.42 Å². The zero-order valence-electron chi connectivity index (χ0n) is 11.5. The Balaban J connectivity index is 1.93. The third kappa shape index (κ3) is 2.13. The molecular formula is C15H10F4N2O2. The van der Waals surface area contributed by atoms with Gasteiger partial charge in [-0.3, -0.25) is 9.79 Å². The van der Waals surface area contributed by atoms with Gasteiger partial charge in [-0.2, -0.15) is 17.6 Å². The fourth-order valence-electron chi connectivity index (χ4n) is 2.35. The fourth-order valence-corrected chi connectivity index (χ4v) is 2.35. The number of alkyl halides is 4. The summed E-state index contributed by atoms with van der Waals surface area (Å²) in [6.45, 7) is 0. The minimum Gasteiger partial charge on any atom is -0.505 e. The van der Waals surface area contributed by atoms with Crippen LogP contribution in [0.25, 0.3) is 0 Å². The van der Waals surface area contributed by atoms with E-state index in [1.165, 1.54) is 24.6 Å². The number of allylic oxidation sites excluding steroid dienone is 7. The summed E-state index contributed by atoms with van der Waals surface area (Å²) in [6, 6.07) is 0. The highest BCUT2D eigenvalue weighted by Gasteiger charge is 2.72. The second kappa shape index (κ2) is 4.94. The number of aliphatic hydroxyl groups is 1. The maximum Gasteiger partial charge on any atom is 0.380 e. The zero-order chi connectivity index (χ0) is 16.8. The predicted molar refractivity (Wildman–Crippen MR) is 73.9 cm³/mol. The second-order valence-corrected chi connectivity index (χ2v) is 5.05. The summed E-state index contributed by atoms with van der Waals surface area (Å²) in [7, 11) is 0. The van der Waals surface area contributed by atoms with E-state index in [0.29, 0.717) is 12.0 Å². The zero-order valence-corrected chi connectivity index (χ0v) is 11.5. The van der Waals surface area contributed by atoms with Gasteiger partial charge < -0.3 is 10.0 Å². The fraction of sp³-hybridized carbons (Fsp3) is 0.200. The van der Waals surface area contributed by atoms with Crippen LogP contribution in [0.3, 0.4) is 0 Å². The van der Waals surface area contributed by atoms with Gasteiger partial charge >= 0.3 is 11.8 Å². The van der Waals surface area contributed by atoms with Crippen molar-refractivity contribution in [1.82, 2.24) is 4.90 Å². The molecule has 0 saturated carbocycles. The van der Waals surface area contributed by atoms with Crippen LogP contribution in [0, 0.1) is 0 Å². The van der Waals surface area contributed by atoms with Crippen molar-refractivity contribution in [3.8, 4) is 0 Å². The maximum atomic E-state index is 13.4. The van der Waals surface area contributed by atoms with Crippen LogP contribution in [-0.2, 0) is 4.79 Å². The lowest BCUT2D eigenvalue weighted by Gasteiger charge is -2.20. The maximum absolute atomic E-state index is 13.4. The monoisotopic (exact) mass is 326 g/mol. The first-order valence-electron chi connectivity index (χ1n) is 6.57. The Kier molecular flexibility index (Phi) is 3.28. The first kappa shape index (κ1) is 15.3. The average Bonchev–Trinajstić information content (AvgIpc) is 2.66. The summed E-state index contributed by atoms with van der Waals surface area (Å²) in [4.78, 5) is 16.2. The third-order valence-electron chi connectivity index (χ3n) is 3.65. The summed E-state index contributed by atoms with van der Waals surface area (Å²) >= 11 is 0. The molecular weight excluding hydrogens is 316 g/mol. The molecule has 2 heterocycles. The van der Waals surface area contributed by atoms with Crippen molar-refractivity contribution in [3.63, 3.8) is 0 Å². The molecule has 8 heteroatoms. The predicted octanol–water partition coefficient (Wildman–Crippen LogP) is 3.24. The molecule has 0 fully saturated rings. The molecule has 0 aromatic carbocycles. The number of halogens is 4. The third-order valence-corrected chi connectivity index (χ3v) is 3.65. The Morgan fingerprint density at radius 3 is 2.22 bits per heavy atom. The molecule has 3 aliphatic rings. The number of ketones is 1. The van der Waals surface area contributed by atoms with Gasteiger partial charge in [-0.25, -0.2) is 0 Å². The van der Waals surface area contributed by atoms with Gasteiger partial charge in [0, 0.05) is 31.2 Å². The highest BCUT2D eigenvalue weighted by atomic mass is 19.3. The number of rotatable bonds is 1. The number of aliphatic imine (C=N–C) groups is 1. The molecule has 0 unspecified atom stereocenters. The van der Waals surface area contributed by atoms with Crippen LogP contribution in [0.2, 0.25) is 0 Å². The molecule has 120 valence electrons. The van der Waals surface area contributed by atoms with Gasteiger partial charge in [0.15, 0.2) is 5.76 Å². The van der Waals surface area contributed by atoms with Crippen molar-refractivity contribution >= 4 is 12.0 Å². The Bertz CT molecular complexity index is 741. The van der Waals surface area contributed by atoms with E-state index in [-0.39, 0.29) is 0 Å². The minimum atomic E-state index is -4.96. The lowest BCUT2D eigenvalue weighted by Crippen LogP contribution is -2.42. The molecule has 1 N–H and O–H groups in total. The second-order valence-electron chi connectivity index (χ2n) is 5.05. The summed E-state index contributed by atoms with van der Waals surface area (Å²) in [5.74, 6) is -13.9. The Labute approximate surface area is 128 Å². The van der Waals surface area contributed by atoms with Gasteiger partial charge in [-0.05, 0) is 29.4 Å². The summed E-state index contributed by atoms with van der Waals surface area (Å²) in [5, 5.41) is 9.37. The van der Waals surface area contributed by atoms with E-state index in [9.17, 15) is 27.5 Å². The van der Waals surface area contributed by atoms with Gasteiger partial charge in [0.2, 0.25) is 0 Å². The Hall–Kier alpha value is -2.64. The van der Waals surface area contributed by atoms with Crippen molar-refractivity contribution in [2.45, 2.75) is 18.3 Å². The standard InChI is InChI=1S/C15H10F4N2O2/c16-14(17)12(22)11(13(23)15(14,18)19)21-7-3-10(4-8-21)9-1-5-20-6-2-9/h1,3-8,22H,2H2. The molecule has 0 aromatic heterocycles. The summed E-state index contributed by atoms with van der Waals surface area (Å²) in [6.07, 6.45) is 10.8. The van der Waals surface area contributed by atoms with E-state index in [0.717, 1.165) is 10.5 Å². The topological polar surface area (TPSA) is 52.9 Å². The Morgan fingerprint density at radius 1 is 1.09 bits per heavy atom. The number of carbonyl (C=O) groups excluding carboxylic acids is 1. The molecule has 1 aliphatic carbocycles. The Morgan fingerprint density at radius 2 is 1.74 bits per heavy atom. The molecule has 0 atom stereocenters. The highest BCUT2D eigenvalue weighted by molar-refractivity contribution is 6.05. The van der Waals surface area contributed by atoms with Crippen LogP contribution in [0.5, 0.6) is 0 Å². The van der Waals surface area contributed by atoms with Crippen molar-refractivity contribution in [2.24, 2.45) is 4.99 Å². The van der Waals surface area contributed by atoms with Gasteiger partial charge in [-0.15, -0.1) is 0 Å². The number of hydrogen-bond acceptors (Lipinski definition) is 4. The van der Waals surface area contributed by atoms with Crippen LogP contribution in [-0.4, -0.2) is 33.8 Å². The molecule has 23 heavy (non-hydrogen) atoms. The van der Waals surface area contributed by atoms with E-state index < -0.39 is 29.1 Å². The van der Waals surface area contributed by atoms with Crippen LogP contribution >= 0.6 is 0 Å². The van der Waals surface area contributed by atoms with Crippen molar-refractivity contribution in [1.29, 1.82) is 0 Å². The number of hydrogen-bond donors (Lipinski definition) is 1. The minimum absolute atomic E-state index is 0.559. The number of nitrogens with zero attached hydrogens (tertiary/aromatic N) is 2. The first-order chi connectivity index (χ1) is 10.8. The quantitative estimate of drug-likeness (QED) is 0.753. The molecule has 2 aliphatic heterocycles. The van der Waals surface area contributed by atoms with Crippen molar-refractivity contribution < 1.29 is 27.5 Å². The van der Waals surface area contributed by atoms with E-state index in [2.05, 4.69) is 4.99 Å². The van der Waals surface area contributed by atoms with Crippen LogP contribution < -0.4 is 0 Å². The summed E-state index contributed by atoms with van der Waals surface area (Å²) in [5.41, 5.74) is 0.476. The van der Waals surface area contributed by atoms with Gasteiger partial charge in [0.05, 0.1) is 0 Å². The van der Waals surface area contributed by atoms with E-state index in [1.54, 1.807) is 18.5 Å². The number of aliphatic hydroxyl groups excluding tert-OH is 1. The SMILES string of the molecule is O=C1C(N2C=CC(=C3C=CN=CC3)C=C2)=C(O)C(F)(F)C1(F)F. The molecule has 0 aromatic rings. The largest absolute Gasteiger partial charge is 0.505 e. The van der Waals surface area contributed by atoms with Crippen LogP contribution in [0.15, 0.2) is 64.4 Å². The van der Waals surface area contributed by atoms with E-state index in [4.69, 9.17) is 0 Å². The normalized spacial score (nSPS) is 25.0. The summed E-state index contributed by atoms with van der Waals surface area (Å²) < 4.78 is 53.4. The number of carbonyl (C=O) groups is 1. The molecule has 0 saturated heterocycles. The van der Waals surface area contributed by atoms with Gasteiger partial charge in [0.25, 0.3) is 5.78 Å². The average molecular weight is 326 g/mol. The molecule has 0 radical (unpaired) electrons. The molecule has 0 amide bonds. The van der Waals surface area contributed by atoms with Gasteiger partial charge in [-0.1, -0.05) is 0 Å². The molecule has 0 bridgehead atoms. The highest BCUT2D eigenvalue weighted by Crippen LogP contribution is 2.48. The smallest absolute Gasteiger partial charge is 0.380 e. The molecule has 3 rings (SSSR count). The number of Topliss-reactive ketones (excluding diaryl/α,β-unsaturated/α-hetero) is 1. The van der Waals surface area contributed by atoms with Crippen molar-refractivity contribution in [3.05, 3.63) is 59.4 Å². The lowest BCUT2D eigenvalue weighted by atomic mass is 10.0. The molecule has 4 nitrogen and oxygen atoms in total. The molecule has 0 spiro atoms. The van der Waals surface area contributed by atoms with Crippen molar-refractivity contribution in [2.75, 3.05) is 0 Å².